The number of carboxylic acid groups (broad SMARTS) is 1. The molecule has 1 N–H and O–H groups in total. The zero-order valence-corrected chi connectivity index (χ0v) is 10.2. The minimum atomic E-state index is -0.896. The Labute approximate surface area is 109 Å². The maximum Gasteiger partial charge on any atom is 0.336 e. The van der Waals surface area contributed by atoms with E-state index in [0.717, 1.165) is 16.5 Å². The van der Waals surface area contributed by atoms with Gasteiger partial charge in [-0.25, -0.2) is 4.79 Å². The second-order valence-corrected chi connectivity index (χ2v) is 4.34. The SMILES string of the molecule is O=C(O)c1cccc2c1ccn2Cc1ccncc1. The van der Waals surface area contributed by atoms with E-state index in [2.05, 4.69) is 4.98 Å². The Morgan fingerprint density at radius 1 is 1.16 bits per heavy atom. The first-order chi connectivity index (χ1) is 9.25. The molecule has 0 aliphatic rings. The minimum Gasteiger partial charge on any atom is -0.478 e. The molecule has 0 amide bonds. The van der Waals surface area contributed by atoms with E-state index in [9.17, 15) is 4.79 Å². The average Bonchev–Trinajstić information content (AvgIpc) is 2.83. The van der Waals surface area contributed by atoms with Crippen LogP contribution in [0.25, 0.3) is 10.9 Å². The lowest BCUT2D eigenvalue weighted by atomic mass is 10.1. The summed E-state index contributed by atoms with van der Waals surface area (Å²) in [5, 5.41) is 9.93. The molecule has 0 atom stereocenters. The average molecular weight is 252 g/mol. The normalized spacial score (nSPS) is 10.7. The molecular formula is C15H12N2O2. The lowest BCUT2D eigenvalue weighted by molar-refractivity contribution is 0.0699. The number of aromatic carboxylic acids is 1. The third-order valence-electron chi connectivity index (χ3n) is 3.15. The van der Waals surface area contributed by atoms with E-state index in [0.29, 0.717) is 12.1 Å². The Morgan fingerprint density at radius 2 is 1.95 bits per heavy atom. The summed E-state index contributed by atoms with van der Waals surface area (Å²) in [4.78, 5) is 15.2. The van der Waals surface area contributed by atoms with Crippen LogP contribution in [0.4, 0.5) is 0 Å². The molecule has 0 saturated heterocycles. The van der Waals surface area contributed by atoms with Gasteiger partial charge in [-0.3, -0.25) is 4.98 Å². The van der Waals surface area contributed by atoms with Crippen LogP contribution in [-0.4, -0.2) is 20.6 Å². The molecule has 0 unspecified atom stereocenters. The zero-order valence-electron chi connectivity index (χ0n) is 10.2. The van der Waals surface area contributed by atoms with Crippen molar-refractivity contribution in [2.75, 3.05) is 0 Å². The highest BCUT2D eigenvalue weighted by atomic mass is 16.4. The summed E-state index contributed by atoms with van der Waals surface area (Å²) in [6, 6.07) is 11.1. The van der Waals surface area contributed by atoms with Gasteiger partial charge in [0, 0.05) is 36.0 Å². The van der Waals surface area contributed by atoms with Crippen molar-refractivity contribution in [3.63, 3.8) is 0 Å². The van der Waals surface area contributed by atoms with Crippen molar-refractivity contribution in [2.24, 2.45) is 0 Å². The molecule has 19 heavy (non-hydrogen) atoms. The van der Waals surface area contributed by atoms with Crippen molar-refractivity contribution in [2.45, 2.75) is 6.54 Å². The fraction of sp³-hybridized carbons (Fsp3) is 0.0667. The van der Waals surface area contributed by atoms with Crippen LogP contribution in [0.1, 0.15) is 15.9 Å². The largest absolute Gasteiger partial charge is 0.478 e. The quantitative estimate of drug-likeness (QED) is 0.779. The number of carboxylic acids is 1. The van der Waals surface area contributed by atoms with Crippen LogP contribution in [0.2, 0.25) is 0 Å². The number of carbonyl (C=O) groups is 1. The van der Waals surface area contributed by atoms with Crippen molar-refractivity contribution in [1.82, 2.24) is 9.55 Å². The Morgan fingerprint density at radius 3 is 2.68 bits per heavy atom. The summed E-state index contributed by atoms with van der Waals surface area (Å²) in [6.45, 7) is 0.703. The Hall–Kier alpha value is -2.62. The van der Waals surface area contributed by atoms with Gasteiger partial charge in [-0.05, 0) is 35.9 Å². The van der Waals surface area contributed by atoms with Gasteiger partial charge in [0.25, 0.3) is 0 Å². The topological polar surface area (TPSA) is 55.1 Å². The van der Waals surface area contributed by atoms with Crippen LogP contribution in [0.15, 0.2) is 55.0 Å². The monoisotopic (exact) mass is 252 g/mol. The molecule has 0 spiro atoms. The lowest BCUT2D eigenvalue weighted by Crippen LogP contribution is -2.00. The van der Waals surface area contributed by atoms with Crippen molar-refractivity contribution in [1.29, 1.82) is 0 Å². The Kier molecular flexibility index (Phi) is 2.76. The highest BCUT2D eigenvalue weighted by Crippen LogP contribution is 2.21. The van der Waals surface area contributed by atoms with E-state index in [1.54, 1.807) is 24.5 Å². The van der Waals surface area contributed by atoms with Crippen LogP contribution < -0.4 is 0 Å². The van der Waals surface area contributed by atoms with Crippen LogP contribution in [0.5, 0.6) is 0 Å². The number of rotatable bonds is 3. The van der Waals surface area contributed by atoms with Crippen LogP contribution in [0, 0.1) is 0 Å². The molecule has 4 heteroatoms. The van der Waals surface area contributed by atoms with Crippen LogP contribution in [-0.2, 0) is 6.54 Å². The number of nitrogens with zero attached hydrogens (tertiary/aromatic N) is 2. The van der Waals surface area contributed by atoms with E-state index in [1.165, 1.54) is 0 Å². The molecule has 2 aromatic heterocycles. The van der Waals surface area contributed by atoms with E-state index in [-0.39, 0.29) is 0 Å². The van der Waals surface area contributed by atoms with Crippen molar-refractivity contribution in [3.8, 4) is 0 Å². The van der Waals surface area contributed by atoms with E-state index in [4.69, 9.17) is 5.11 Å². The molecule has 0 saturated carbocycles. The second kappa shape index (κ2) is 4.57. The summed E-state index contributed by atoms with van der Waals surface area (Å²) in [5.74, 6) is -0.896. The molecule has 94 valence electrons. The van der Waals surface area contributed by atoms with Crippen molar-refractivity contribution < 1.29 is 9.90 Å². The number of fused-ring (bicyclic) bond motifs is 1. The smallest absolute Gasteiger partial charge is 0.336 e. The van der Waals surface area contributed by atoms with Gasteiger partial charge in [0.15, 0.2) is 0 Å². The van der Waals surface area contributed by atoms with Gasteiger partial charge in [-0.1, -0.05) is 6.07 Å². The van der Waals surface area contributed by atoms with Gasteiger partial charge < -0.3 is 9.67 Å². The molecular weight excluding hydrogens is 240 g/mol. The summed E-state index contributed by atoms with van der Waals surface area (Å²) in [6.07, 6.45) is 5.42. The number of hydrogen-bond acceptors (Lipinski definition) is 2. The summed E-state index contributed by atoms with van der Waals surface area (Å²) in [7, 11) is 0. The third-order valence-corrected chi connectivity index (χ3v) is 3.15. The van der Waals surface area contributed by atoms with E-state index < -0.39 is 5.97 Å². The van der Waals surface area contributed by atoms with Crippen molar-refractivity contribution in [3.05, 3.63) is 66.1 Å². The van der Waals surface area contributed by atoms with Gasteiger partial charge in [-0.15, -0.1) is 0 Å². The molecule has 3 rings (SSSR count). The molecule has 0 aliphatic carbocycles. The molecule has 2 heterocycles. The lowest BCUT2D eigenvalue weighted by Gasteiger charge is -2.06. The molecule has 3 aromatic rings. The number of hydrogen-bond donors (Lipinski definition) is 1. The first kappa shape index (κ1) is 11.5. The predicted octanol–water partition coefficient (Wildman–Crippen LogP) is 2.78. The fourth-order valence-corrected chi connectivity index (χ4v) is 2.23. The number of benzene rings is 1. The maximum atomic E-state index is 11.2. The van der Waals surface area contributed by atoms with E-state index in [1.807, 2.05) is 35.0 Å². The number of pyridine rings is 1. The summed E-state index contributed by atoms with van der Waals surface area (Å²) >= 11 is 0. The minimum absolute atomic E-state index is 0.339. The summed E-state index contributed by atoms with van der Waals surface area (Å²) in [5.41, 5.74) is 2.40. The summed E-state index contributed by atoms with van der Waals surface area (Å²) < 4.78 is 2.04. The fourth-order valence-electron chi connectivity index (χ4n) is 2.23. The predicted molar refractivity (Wildman–Crippen MR) is 72.2 cm³/mol. The second-order valence-electron chi connectivity index (χ2n) is 4.34. The van der Waals surface area contributed by atoms with Gasteiger partial charge in [0.05, 0.1) is 5.56 Å². The molecule has 0 fully saturated rings. The molecule has 4 nitrogen and oxygen atoms in total. The Bertz CT molecular complexity index is 732. The van der Waals surface area contributed by atoms with E-state index >= 15 is 0 Å². The van der Waals surface area contributed by atoms with Gasteiger partial charge in [0.1, 0.15) is 0 Å². The maximum absolute atomic E-state index is 11.2. The third kappa shape index (κ3) is 2.08. The highest BCUT2D eigenvalue weighted by molar-refractivity contribution is 6.02. The van der Waals surface area contributed by atoms with Gasteiger partial charge >= 0.3 is 5.97 Å². The molecule has 0 aliphatic heterocycles. The highest BCUT2D eigenvalue weighted by Gasteiger charge is 2.10. The van der Waals surface area contributed by atoms with Gasteiger partial charge in [0.2, 0.25) is 0 Å². The van der Waals surface area contributed by atoms with Crippen molar-refractivity contribution >= 4 is 16.9 Å². The van der Waals surface area contributed by atoms with Gasteiger partial charge in [-0.2, -0.15) is 0 Å². The van der Waals surface area contributed by atoms with Crippen LogP contribution in [0.3, 0.4) is 0 Å². The molecule has 0 radical (unpaired) electrons. The zero-order chi connectivity index (χ0) is 13.2. The number of aromatic nitrogens is 2. The van der Waals surface area contributed by atoms with Crippen LogP contribution >= 0.6 is 0 Å². The first-order valence-electron chi connectivity index (χ1n) is 5.96. The Balaban J connectivity index is 2.07. The molecule has 1 aromatic carbocycles. The molecule has 0 bridgehead atoms. The first-order valence-corrected chi connectivity index (χ1v) is 5.96. The standard InChI is InChI=1S/C15H12N2O2/c18-15(19)13-2-1-3-14-12(13)6-9-17(14)10-11-4-7-16-8-5-11/h1-9H,10H2,(H,18,19).